The molecule has 0 aromatic heterocycles. The first-order valence-electron chi connectivity index (χ1n) is 3.62. The summed E-state index contributed by atoms with van der Waals surface area (Å²) >= 11 is 0. The molecule has 1 N–H and O–H groups in total. The minimum absolute atomic E-state index is 0. The van der Waals surface area contributed by atoms with E-state index >= 15 is 0 Å². The third kappa shape index (κ3) is 2.98. The van der Waals surface area contributed by atoms with E-state index in [0.29, 0.717) is 5.41 Å². The minimum Gasteiger partial charge on any atom is -0.345 e. The van der Waals surface area contributed by atoms with Crippen LogP contribution in [0.15, 0.2) is 0 Å². The molecule has 1 rings (SSSR count). The van der Waals surface area contributed by atoms with Crippen molar-refractivity contribution < 1.29 is 32.7 Å². The maximum Gasteiger partial charge on any atom is 0 e. The van der Waals surface area contributed by atoms with Gasteiger partial charge < -0.3 is 19.2 Å². The molecule has 1 heterocycles. The second-order valence-electron chi connectivity index (χ2n) is 3.00. The average molecular weight is 214 g/mol. The molecule has 0 bridgehead atoms. The molecule has 0 aromatic rings. The molecule has 0 saturated carbocycles. The van der Waals surface area contributed by atoms with E-state index in [4.69, 9.17) is 0 Å². The van der Waals surface area contributed by atoms with E-state index in [1.54, 1.807) is 0 Å². The number of piperidine rings is 1. The molecule has 0 aliphatic carbocycles. The summed E-state index contributed by atoms with van der Waals surface area (Å²) in [6.45, 7) is 10.3. The third-order valence-corrected chi connectivity index (χ3v) is 2.19. The van der Waals surface area contributed by atoms with Gasteiger partial charge in [0.15, 0.2) is 0 Å². The van der Waals surface area contributed by atoms with Gasteiger partial charge in [-0.05, 0) is 13.1 Å². The van der Waals surface area contributed by atoms with Crippen LogP contribution in [0.2, 0.25) is 0 Å². The van der Waals surface area contributed by atoms with Crippen LogP contribution >= 0.6 is 0 Å². The Morgan fingerprint density at radius 3 is 2.10 bits per heavy atom. The zero-order chi connectivity index (χ0) is 6.74. The summed E-state index contributed by atoms with van der Waals surface area (Å²) in [6, 6.07) is 0. The van der Waals surface area contributed by atoms with Crippen molar-refractivity contribution in [3.63, 3.8) is 0 Å². The average Bonchev–Trinajstić information content (AvgIpc) is 1.90. The Balaban J connectivity index is 0.000000810. The van der Waals surface area contributed by atoms with Crippen molar-refractivity contribution in [1.29, 1.82) is 0 Å². The molecule has 0 atom stereocenters. The van der Waals surface area contributed by atoms with Crippen molar-refractivity contribution in [2.75, 3.05) is 13.1 Å². The number of hydrogen-bond donors (Lipinski definition) is 1. The van der Waals surface area contributed by atoms with Crippen LogP contribution in [-0.4, -0.2) is 13.1 Å². The van der Waals surface area contributed by atoms with Gasteiger partial charge in [-0.1, -0.05) is 12.8 Å². The van der Waals surface area contributed by atoms with Crippen LogP contribution in [0.4, 0.5) is 0 Å². The first kappa shape index (κ1) is 11.1. The van der Waals surface area contributed by atoms with Gasteiger partial charge in [0.1, 0.15) is 0 Å². The summed E-state index contributed by atoms with van der Waals surface area (Å²) in [5.74, 6) is 0. The standard InChI is InChI=1S/C8H15N.Y/c1-3-8(2)4-6-9-7-5-8;/h9H,1-7H2;/q-2;. The zero-order valence-corrected chi connectivity index (χ0v) is 9.37. The van der Waals surface area contributed by atoms with Crippen molar-refractivity contribution >= 4 is 0 Å². The molecule has 2 heteroatoms. The van der Waals surface area contributed by atoms with E-state index in [1.807, 2.05) is 0 Å². The zero-order valence-electron chi connectivity index (χ0n) is 6.53. The molecular formula is C8H15NY-2. The quantitative estimate of drug-likeness (QED) is 0.651. The molecule has 1 aliphatic rings. The Morgan fingerprint density at radius 2 is 1.80 bits per heavy atom. The van der Waals surface area contributed by atoms with E-state index in [2.05, 4.69) is 19.2 Å². The Labute approximate surface area is 89.2 Å². The minimum atomic E-state index is 0. The maximum atomic E-state index is 4.14. The molecule has 1 radical (unpaired) electrons. The molecule has 1 nitrogen and oxygen atoms in total. The molecule has 1 saturated heterocycles. The summed E-state index contributed by atoms with van der Waals surface area (Å²) in [6.07, 6.45) is 3.36. The summed E-state index contributed by atoms with van der Waals surface area (Å²) < 4.78 is 0. The van der Waals surface area contributed by atoms with Gasteiger partial charge in [0.2, 0.25) is 0 Å². The smallest absolute Gasteiger partial charge is 0 e. The van der Waals surface area contributed by atoms with E-state index < -0.39 is 0 Å². The van der Waals surface area contributed by atoms with Crippen molar-refractivity contribution in [2.24, 2.45) is 5.41 Å². The topological polar surface area (TPSA) is 12.0 Å². The summed E-state index contributed by atoms with van der Waals surface area (Å²) in [4.78, 5) is 0. The van der Waals surface area contributed by atoms with E-state index in [-0.39, 0.29) is 32.7 Å². The van der Waals surface area contributed by atoms with Crippen LogP contribution in [0.25, 0.3) is 0 Å². The van der Waals surface area contributed by atoms with Gasteiger partial charge in [-0.25, -0.2) is 6.42 Å². The van der Waals surface area contributed by atoms with E-state index in [0.717, 1.165) is 19.5 Å². The monoisotopic (exact) mass is 214 g/mol. The van der Waals surface area contributed by atoms with Gasteiger partial charge in [-0.3, -0.25) is 0 Å². The summed E-state index contributed by atoms with van der Waals surface area (Å²) in [7, 11) is 0. The van der Waals surface area contributed by atoms with E-state index in [1.165, 1.54) is 12.8 Å². The van der Waals surface area contributed by atoms with E-state index in [9.17, 15) is 0 Å². The number of nitrogens with one attached hydrogen (secondary N) is 1. The largest absolute Gasteiger partial charge is 0.345 e. The van der Waals surface area contributed by atoms with Gasteiger partial charge >= 0.3 is 0 Å². The van der Waals surface area contributed by atoms with Crippen molar-refractivity contribution in [2.45, 2.75) is 19.3 Å². The van der Waals surface area contributed by atoms with Crippen molar-refractivity contribution in [3.05, 3.63) is 13.8 Å². The van der Waals surface area contributed by atoms with Gasteiger partial charge in [-0.2, -0.15) is 5.41 Å². The molecule has 1 aliphatic heterocycles. The molecule has 0 amide bonds. The first-order chi connectivity index (χ1) is 4.27. The van der Waals surface area contributed by atoms with Crippen LogP contribution in [0, 0.1) is 19.3 Å². The molecule has 57 valence electrons. The summed E-state index contributed by atoms with van der Waals surface area (Å²) in [5, 5.41) is 3.31. The Hall–Kier alpha value is 1.06. The molecule has 0 spiro atoms. The van der Waals surface area contributed by atoms with Crippen LogP contribution in [-0.2, 0) is 32.7 Å². The fraction of sp³-hybridized carbons (Fsp3) is 0.750. The Morgan fingerprint density at radius 1 is 1.30 bits per heavy atom. The van der Waals surface area contributed by atoms with Crippen LogP contribution in [0.1, 0.15) is 19.3 Å². The second-order valence-corrected chi connectivity index (χ2v) is 3.00. The predicted octanol–water partition coefficient (Wildman–Crippen LogP) is 1.41. The van der Waals surface area contributed by atoms with Crippen LogP contribution in [0.3, 0.4) is 0 Å². The predicted molar refractivity (Wildman–Crippen MR) is 39.9 cm³/mol. The fourth-order valence-electron chi connectivity index (χ4n) is 1.21. The Bertz CT molecular complexity index is 87.3. The third-order valence-electron chi connectivity index (χ3n) is 2.19. The van der Waals surface area contributed by atoms with Crippen LogP contribution in [0.5, 0.6) is 0 Å². The first-order valence-corrected chi connectivity index (χ1v) is 3.62. The summed E-state index contributed by atoms with van der Waals surface area (Å²) in [5.41, 5.74) is 0.297. The fourth-order valence-corrected chi connectivity index (χ4v) is 1.21. The number of hydrogen-bond acceptors (Lipinski definition) is 1. The second kappa shape index (κ2) is 4.84. The number of rotatable bonds is 1. The van der Waals surface area contributed by atoms with Gasteiger partial charge in [-0.15, -0.1) is 0 Å². The SMILES string of the molecule is [CH2-]CC1([CH2-])CCNCC1.[Y]. The van der Waals surface area contributed by atoms with Crippen LogP contribution < -0.4 is 5.32 Å². The molecule has 0 unspecified atom stereocenters. The van der Waals surface area contributed by atoms with Crippen molar-refractivity contribution in [3.8, 4) is 0 Å². The van der Waals surface area contributed by atoms with Gasteiger partial charge in [0.25, 0.3) is 0 Å². The molecular weight excluding hydrogens is 199 g/mol. The van der Waals surface area contributed by atoms with Gasteiger partial charge in [0.05, 0.1) is 0 Å². The Kier molecular flexibility index (Phi) is 5.36. The molecule has 0 aromatic carbocycles. The molecule has 1 fully saturated rings. The van der Waals surface area contributed by atoms with Gasteiger partial charge in [0, 0.05) is 32.7 Å². The van der Waals surface area contributed by atoms with Crippen molar-refractivity contribution in [1.82, 2.24) is 5.32 Å². The maximum absolute atomic E-state index is 4.14. The normalized spacial score (nSPS) is 23.4. The molecule has 10 heavy (non-hydrogen) atoms.